The normalized spacial score (nSPS) is 10.1. The minimum Gasteiger partial charge on any atom is -0.423 e. The summed E-state index contributed by atoms with van der Waals surface area (Å²) in [5.74, 6) is 0.826. The van der Waals surface area contributed by atoms with Gasteiger partial charge in [0, 0.05) is 17.4 Å². The lowest BCUT2D eigenvalue weighted by atomic mass is 10.2. The van der Waals surface area contributed by atoms with E-state index in [0.717, 1.165) is 11.4 Å². The first-order chi connectivity index (χ1) is 11.2. The molecule has 114 valence electrons. The third-order valence-electron chi connectivity index (χ3n) is 3.15. The maximum Gasteiger partial charge on any atom is 0.343 e. The summed E-state index contributed by atoms with van der Waals surface area (Å²) in [4.78, 5) is 20.2. The minimum absolute atomic E-state index is 0.377. The predicted octanol–water partition coefficient (Wildman–Crippen LogP) is 3.75. The molecule has 0 spiro atoms. The SMILES string of the molecule is Cc1cc(Nc2ccc(OC(=O)c3ccccc3)cc2)ncn1. The van der Waals surface area contributed by atoms with Gasteiger partial charge in [0.2, 0.25) is 0 Å². The Morgan fingerprint density at radius 3 is 2.43 bits per heavy atom. The second-order valence-electron chi connectivity index (χ2n) is 4.95. The average molecular weight is 305 g/mol. The molecule has 3 aromatic rings. The molecule has 3 rings (SSSR count). The zero-order valence-corrected chi connectivity index (χ0v) is 12.6. The molecule has 0 radical (unpaired) electrons. The first kappa shape index (κ1) is 14.7. The van der Waals surface area contributed by atoms with Crippen molar-refractivity contribution >= 4 is 17.5 Å². The van der Waals surface area contributed by atoms with Crippen molar-refractivity contribution in [1.82, 2.24) is 9.97 Å². The van der Waals surface area contributed by atoms with Crippen LogP contribution in [0.3, 0.4) is 0 Å². The largest absolute Gasteiger partial charge is 0.423 e. The highest BCUT2D eigenvalue weighted by Crippen LogP contribution is 2.20. The smallest absolute Gasteiger partial charge is 0.343 e. The number of aromatic nitrogens is 2. The average Bonchev–Trinajstić information content (AvgIpc) is 2.57. The molecular weight excluding hydrogens is 290 g/mol. The number of nitrogens with zero attached hydrogens (tertiary/aromatic N) is 2. The number of aryl methyl sites for hydroxylation is 1. The fraction of sp³-hybridized carbons (Fsp3) is 0.0556. The molecule has 1 N–H and O–H groups in total. The second-order valence-corrected chi connectivity index (χ2v) is 4.95. The van der Waals surface area contributed by atoms with E-state index in [9.17, 15) is 4.79 Å². The number of hydrogen-bond acceptors (Lipinski definition) is 5. The van der Waals surface area contributed by atoms with Crippen molar-refractivity contribution in [2.45, 2.75) is 6.92 Å². The van der Waals surface area contributed by atoms with Gasteiger partial charge >= 0.3 is 5.97 Å². The molecule has 0 aliphatic carbocycles. The summed E-state index contributed by atoms with van der Waals surface area (Å²) in [6.45, 7) is 1.90. The van der Waals surface area contributed by atoms with Crippen LogP contribution in [0.2, 0.25) is 0 Å². The molecule has 0 saturated heterocycles. The first-order valence-corrected chi connectivity index (χ1v) is 7.14. The number of benzene rings is 2. The lowest BCUT2D eigenvalue weighted by Gasteiger charge is -2.08. The number of carbonyl (C=O) groups is 1. The summed E-state index contributed by atoms with van der Waals surface area (Å²) in [6.07, 6.45) is 1.51. The Morgan fingerprint density at radius 2 is 1.74 bits per heavy atom. The Balaban J connectivity index is 1.66. The molecule has 0 atom stereocenters. The van der Waals surface area contributed by atoms with Crippen LogP contribution in [0.1, 0.15) is 16.1 Å². The molecule has 0 saturated carbocycles. The van der Waals surface area contributed by atoms with Crippen LogP contribution >= 0.6 is 0 Å². The Bertz CT molecular complexity index is 802. The van der Waals surface area contributed by atoms with Crippen LogP contribution in [0.5, 0.6) is 5.75 Å². The highest BCUT2D eigenvalue weighted by Gasteiger charge is 2.07. The summed E-state index contributed by atoms with van der Waals surface area (Å²) in [6, 6.07) is 17.9. The first-order valence-electron chi connectivity index (χ1n) is 7.14. The highest BCUT2D eigenvalue weighted by molar-refractivity contribution is 5.91. The number of anilines is 2. The molecule has 0 fully saturated rings. The van der Waals surface area contributed by atoms with E-state index in [1.807, 2.05) is 31.2 Å². The lowest BCUT2D eigenvalue weighted by molar-refractivity contribution is 0.0735. The summed E-state index contributed by atoms with van der Waals surface area (Å²) in [5.41, 5.74) is 2.25. The van der Waals surface area contributed by atoms with Gasteiger partial charge in [0.25, 0.3) is 0 Å². The van der Waals surface area contributed by atoms with Gasteiger partial charge < -0.3 is 10.1 Å². The van der Waals surface area contributed by atoms with Gasteiger partial charge in [0.15, 0.2) is 0 Å². The second kappa shape index (κ2) is 6.70. The number of ether oxygens (including phenoxy) is 1. The van der Waals surface area contributed by atoms with E-state index < -0.39 is 0 Å². The van der Waals surface area contributed by atoms with E-state index in [0.29, 0.717) is 17.1 Å². The van der Waals surface area contributed by atoms with Crippen molar-refractivity contribution in [3.05, 3.63) is 78.2 Å². The van der Waals surface area contributed by atoms with E-state index >= 15 is 0 Å². The van der Waals surface area contributed by atoms with Crippen LogP contribution in [-0.4, -0.2) is 15.9 Å². The van der Waals surface area contributed by atoms with Crippen LogP contribution in [0.4, 0.5) is 11.5 Å². The molecule has 0 aliphatic heterocycles. The van der Waals surface area contributed by atoms with Gasteiger partial charge in [0.1, 0.15) is 17.9 Å². The molecule has 23 heavy (non-hydrogen) atoms. The summed E-state index contributed by atoms with van der Waals surface area (Å²) in [5, 5.41) is 3.17. The number of carbonyl (C=O) groups excluding carboxylic acids is 1. The molecule has 5 heteroatoms. The van der Waals surface area contributed by atoms with Crippen molar-refractivity contribution in [2.24, 2.45) is 0 Å². The van der Waals surface area contributed by atoms with E-state index in [1.54, 1.807) is 36.4 Å². The third kappa shape index (κ3) is 3.91. The number of rotatable bonds is 4. The van der Waals surface area contributed by atoms with Crippen LogP contribution in [-0.2, 0) is 0 Å². The zero-order valence-electron chi connectivity index (χ0n) is 12.6. The standard InChI is InChI=1S/C18H15N3O2/c1-13-11-17(20-12-19-13)21-15-7-9-16(10-8-15)23-18(22)14-5-3-2-4-6-14/h2-12H,1H3,(H,19,20,21). The van der Waals surface area contributed by atoms with Crippen molar-refractivity contribution in [3.63, 3.8) is 0 Å². The Labute approximate surface area is 134 Å². The summed E-state index contributed by atoms with van der Waals surface area (Å²) >= 11 is 0. The minimum atomic E-state index is -0.377. The van der Waals surface area contributed by atoms with Crippen molar-refractivity contribution < 1.29 is 9.53 Å². The van der Waals surface area contributed by atoms with Gasteiger partial charge in [-0.2, -0.15) is 0 Å². The molecule has 0 unspecified atom stereocenters. The summed E-state index contributed by atoms with van der Waals surface area (Å²) in [7, 11) is 0. The van der Waals surface area contributed by atoms with E-state index in [2.05, 4.69) is 15.3 Å². The number of hydrogen-bond donors (Lipinski definition) is 1. The van der Waals surface area contributed by atoms with E-state index in [-0.39, 0.29) is 5.97 Å². The molecule has 1 heterocycles. The van der Waals surface area contributed by atoms with Crippen LogP contribution in [0, 0.1) is 6.92 Å². The Hall–Kier alpha value is -3.21. The molecule has 0 aliphatic rings. The molecule has 5 nitrogen and oxygen atoms in total. The fourth-order valence-corrected chi connectivity index (χ4v) is 2.02. The Kier molecular flexibility index (Phi) is 4.29. The van der Waals surface area contributed by atoms with Crippen molar-refractivity contribution in [2.75, 3.05) is 5.32 Å². The van der Waals surface area contributed by atoms with Crippen molar-refractivity contribution in [1.29, 1.82) is 0 Å². The predicted molar refractivity (Wildman–Crippen MR) is 87.9 cm³/mol. The molecule has 0 bridgehead atoms. The quantitative estimate of drug-likeness (QED) is 0.587. The fourth-order valence-electron chi connectivity index (χ4n) is 2.02. The van der Waals surface area contributed by atoms with Gasteiger partial charge in [-0.3, -0.25) is 0 Å². The molecular formula is C18H15N3O2. The highest BCUT2D eigenvalue weighted by atomic mass is 16.5. The van der Waals surface area contributed by atoms with E-state index in [4.69, 9.17) is 4.74 Å². The lowest BCUT2D eigenvalue weighted by Crippen LogP contribution is -2.08. The number of nitrogens with one attached hydrogen (secondary N) is 1. The summed E-state index contributed by atoms with van der Waals surface area (Å²) < 4.78 is 5.33. The van der Waals surface area contributed by atoms with Gasteiger partial charge in [0.05, 0.1) is 5.56 Å². The zero-order chi connectivity index (χ0) is 16.1. The molecule has 1 aromatic heterocycles. The van der Waals surface area contributed by atoms with Gasteiger partial charge in [-0.1, -0.05) is 18.2 Å². The van der Waals surface area contributed by atoms with Gasteiger partial charge in [-0.25, -0.2) is 14.8 Å². The molecule has 2 aromatic carbocycles. The van der Waals surface area contributed by atoms with Crippen LogP contribution in [0.25, 0.3) is 0 Å². The van der Waals surface area contributed by atoms with E-state index in [1.165, 1.54) is 6.33 Å². The molecule has 0 amide bonds. The third-order valence-corrected chi connectivity index (χ3v) is 3.15. The van der Waals surface area contributed by atoms with Gasteiger partial charge in [-0.15, -0.1) is 0 Å². The number of esters is 1. The monoisotopic (exact) mass is 305 g/mol. The maximum absolute atomic E-state index is 12.0. The maximum atomic E-state index is 12.0. The topological polar surface area (TPSA) is 64.1 Å². The van der Waals surface area contributed by atoms with Crippen LogP contribution in [0.15, 0.2) is 67.0 Å². The van der Waals surface area contributed by atoms with Crippen LogP contribution < -0.4 is 10.1 Å². The Morgan fingerprint density at radius 1 is 1.00 bits per heavy atom. The van der Waals surface area contributed by atoms with Gasteiger partial charge in [-0.05, 0) is 43.3 Å². The van der Waals surface area contributed by atoms with Crippen molar-refractivity contribution in [3.8, 4) is 5.75 Å².